The van der Waals surface area contributed by atoms with Crippen LogP contribution in [0.25, 0.3) is 0 Å². The molecule has 1 aromatic carbocycles. The second kappa shape index (κ2) is 5.12. The van der Waals surface area contributed by atoms with E-state index >= 15 is 0 Å². The quantitative estimate of drug-likeness (QED) is 0.787. The third-order valence-corrected chi connectivity index (χ3v) is 2.92. The number of carbonyl (C=O) groups is 1. The van der Waals surface area contributed by atoms with Crippen LogP contribution in [0.3, 0.4) is 0 Å². The molecule has 1 saturated carbocycles. The summed E-state index contributed by atoms with van der Waals surface area (Å²) in [5, 5.41) is 0. The lowest BCUT2D eigenvalue weighted by molar-refractivity contribution is 0.00900. The highest BCUT2D eigenvalue weighted by molar-refractivity contribution is 5.89. The lowest BCUT2D eigenvalue weighted by Gasteiger charge is -2.25. The van der Waals surface area contributed by atoms with Crippen LogP contribution in [0, 0.1) is 0 Å². The standard InChI is InChI=1S/C13H17NO2/c14-8-7-10-3-1-4-11(9-10)13(15)16-12-5-2-6-12/h1,3-4,9,12H,2,5-8,14H2. The maximum absolute atomic E-state index is 11.8. The first kappa shape index (κ1) is 11.1. The molecule has 0 unspecified atom stereocenters. The Bertz CT molecular complexity index is 372. The third-order valence-electron chi connectivity index (χ3n) is 2.92. The largest absolute Gasteiger partial charge is 0.459 e. The van der Waals surface area contributed by atoms with Crippen LogP contribution >= 0.6 is 0 Å². The molecule has 1 aliphatic carbocycles. The number of esters is 1. The smallest absolute Gasteiger partial charge is 0.338 e. The fraction of sp³-hybridized carbons (Fsp3) is 0.462. The van der Waals surface area contributed by atoms with Crippen molar-refractivity contribution in [2.75, 3.05) is 6.54 Å². The zero-order valence-corrected chi connectivity index (χ0v) is 9.32. The average Bonchev–Trinajstić information content (AvgIpc) is 2.24. The number of hydrogen-bond acceptors (Lipinski definition) is 3. The molecule has 0 aromatic heterocycles. The summed E-state index contributed by atoms with van der Waals surface area (Å²) in [7, 11) is 0. The Hall–Kier alpha value is -1.35. The van der Waals surface area contributed by atoms with Gasteiger partial charge in [0.1, 0.15) is 6.10 Å². The fourth-order valence-corrected chi connectivity index (χ4v) is 1.73. The summed E-state index contributed by atoms with van der Waals surface area (Å²) < 4.78 is 5.34. The van der Waals surface area contributed by atoms with Crippen LogP contribution in [0.4, 0.5) is 0 Å². The van der Waals surface area contributed by atoms with E-state index < -0.39 is 0 Å². The first-order chi connectivity index (χ1) is 7.79. The summed E-state index contributed by atoms with van der Waals surface area (Å²) in [6.45, 7) is 0.598. The van der Waals surface area contributed by atoms with Gasteiger partial charge in [-0.1, -0.05) is 12.1 Å². The Morgan fingerprint density at radius 2 is 2.25 bits per heavy atom. The van der Waals surface area contributed by atoms with Crippen LogP contribution in [0.2, 0.25) is 0 Å². The zero-order valence-electron chi connectivity index (χ0n) is 9.32. The molecule has 86 valence electrons. The molecular weight excluding hydrogens is 202 g/mol. The highest BCUT2D eigenvalue weighted by atomic mass is 16.5. The molecule has 1 fully saturated rings. The summed E-state index contributed by atoms with van der Waals surface area (Å²) in [5.41, 5.74) is 7.21. The van der Waals surface area contributed by atoms with Gasteiger partial charge in [-0.2, -0.15) is 0 Å². The molecule has 16 heavy (non-hydrogen) atoms. The Balaban J connectivity index is 2.00. The molecule has 0 spiro atoms. The van der Waals surface area contributed by atoms with E-state index in [0.717, 1.165) is 24.8 Å². The van der Waals surface area contributed by atoms with Gasteiger partial charge >= 0.3 is 5.97 Å². The number of benzene rings is 1. The number of rotatable bonds is 4. The van der Waals surface area contributed by atoms with Gasteiger partial charge in [0.05, 0.1) is 5.56 Å². The van der Waals surface area contributed by atoms with Crippen LogP contribution in [0.15, 0.2) is 24.3 Å². The van der Waals surface area contributed by atoms with Crippen molar-refractivity contribution in [3.63, 3.8) is 0 Å². The van der Waals surface area contributed by atoms with Gasteiger partial charge in [0.2, 0.25) is 0 Å². The average molecular weight is 219 g/mol. The minimum atomic E-state index is -0.205. The van der Waals surface area contributed by atoms with Gasteiger partial charge in [-0.15, -0.1) is 0 Å². The van der Waals surface area contributed by atoms with Gasteiger partial charge in [-0.3, -0.25) is 0 Å². The van der Waals surface area contributed by atoms with Crippen LogP contribution in [0.5, 0.6) is 0 Å². The van der Waals surface area contributed by atoms with Crippen molar-refractivity contribution in [3.8, 4) is 0 Å². The maximum Gasteiger partial charge on any atom is 0.338 e. The van der Waals surface area contributed by atoms with Crippen molar-refractivity contribution in [3.05, 3.63) is 35.4 Å². The fourth-order valence-electron chi connectivity index (χ4n) is 1.73. The van der Waals surface area contributed by atoms with Gasteiger partial charge in [0.15, 0.2) is 0 Å². The van der Waals surface area contributed by atoms with E-state index in [4.69, 9.17) is 10.5 Å². The van der Waals surface area contributed by atoms with Crippen molar-refractivity contribution in [1.82, 2.24) is 0 Å². The second-order valence-corrected chi connectivity index (χ2v) is 4.20. The lowest BCUT2D eigenvalue weighted by Crippen LogP contribution is -2.25. The SMILES string of the molecule is NCCc1cccc(C(=O)OC2CCC2)c1. The highest BCUT2D eigenvalue weighted by Gasteiger charge is 2.22. The van der Waals surface area contributed by atoms with Crippen LogP contribution in [-0.2, 0) is 11.2 Å². The normalized spacial score (nSPS) is 15.6. The monoisotopic (exact) mass is 219 g/mol. The van der Waals surface area contributed by atoms with Gasteiger partial charge < -0.3 is 10.5 Å². The first-order valence-electron chi connectivity index (χ1n) is 5.79. The number of ether oxygens (including phenoxy) is 1. The summed E-state index contributed by atoms with van der Waals surface area (Å²) in [6, 6.07) is 7.52. The minimum Gasteiger partial charge on any atom is -0.459 e. The van der Waals surface area contributed by atoms with Crippen molar-refractivity contribution in [2.45, 2.75) is 31.8 Å². The molecule has 2 rings (SSSR count). The van der Waals surface area contributed by atoms with Crippen LogP contribution < -0.4 is 5.73 Å². The van der Waals surface area contributed by atoms with Crippen LogP contribution in [0.1, 0.15) is 35.2 Å². The predicted molar refractivity (Wildman–Crippen MR) is 62.3 cm³/mol. The van der Waals surface area contributed by atoms with Gasteiger partial charge in [-0.05, 0) is 49.9 Å². The summed E-state index contributed by atoms with van der Waals surface area (Å²) in [6.07, 6.45) is 4.13. The zero-order chi connectivity index (χ0) is 11.4. The Morgan fingerprint density at radius 3 is 2.88 bits per heavy atom. The highest BCUT2D eigenvalue weighted by Crippen LogP contribution is 2.23. The maximum atomic E-state index is 11.8. The lowest BCUT2D eigenvalue weighted by atomic mass is 9.96. The van der Waals surface area contributed by atoms with Crippen LogP contribution in [-0.4, -0.2) is 18.6 Å². The number of carbonyl (C=O) groups excluding carboxylic acids is 1. The number of hydrogen-bond donors (Lipinski definition) is 1. The van der Waals surface area contributed by atoms with E-state index in [2.05, 4.69) is 0 Å². The van der Waals surface area contributed by atoms with Gasteiger partial charge in [0.25, 0.3) is 0 Å². The van der Waals surface area contributed by atoms with E-state index in [1.807, 2.05) is 18.2 Å². The number of nitrogens with two attached hydrogens (primary N) is 1. The predicted octanol–water partition coefficient (Wildman–Crippen LogP) is 1.90. The molecule has 1 aromatic rings. The van der Waals surface area contributed by atoms with Gasteiger partial charge in [0, 0.05) is 0 Å². The Morgan fingerprint density at radius 1 is 1.44 bits per heavy atom. The van der Waals surface area contributed by atoms with Crippen molar-refractivity contribution < 1.29 is 9.53 Å². The molecule has 0 amide bonds. The molecule has 0 bridgehead atoms. The van der Waals surface area contributed by atoms with Crippen molar-refractivity contribution in [2.24, 2.45) is 5.73 Å². The summed E-state index contributed by atoms with van der Waals surface area (Å²) in [5.74, 6) is -0.205. The summed E-state index contributed by atoms with van der Waals surface area (Å²) >= 11 is 0. The van der Waals surface area contributed by atoms with E-state index in [-0.39, 0.29) is 12.1 Å². The van der Waals surface area contributed by atoms with E-state index in [1.54, 1.807) is 6.07 Å². The molecule has 3 nitrogen and oxygen atoms in total. The third kappa shape index (κ3) is 2.61. The second-order valence-electron chi connectivity index (χ2n) is 4.20. The van der Waals surface area contributed by atoms with Crippen molar-refractivity contribution >= 4 is 5.97 Å². The molecule has 0 heterocycles. The minimum absolute atomic E-state index is 0.144. The molecule has 0 saturated heterocycles. The molecule has 0 radical (unpaired) electrons. The molecule has 0 atom stereocenters. The molecule has 0 aliphatic heterocycles. The molecule has 1 aliphatic rings. The first-order valence-corrected chi connectivity index (χ1v) is 5.79. The molecule has 3 heteroatoms. The van der Waals surface area contributed by atoms with E-state index in [0.29, 0.717) is 12.1 Å². The summed E-state index contributed by atoms with van der Waals surface area (Å²) in [4.78, 5) is 11.8. The molecule has 2 N–H and O–H groups in total. The molecular formula is C13H17NO2. The van der Waals surface area contributed by atoms with E-state index in [1.165, 1.54) is 6.42 Å². The topological polar surface area (TPSA) is 52.3 Å². The van der Waals surface area contributed by atoms with Gasteiger partial charge in [-0.25, -0.2) is 4.79 Å². The Kier molecular flexibility index (Phi) is 3.57. The van der Waals surface area contributed by atoms with Crippen molar-refractivity contribution in [1.29, 1.82) is 0 Å². The Labute approximate surface area is 95.6 Å². The van der Waals surface area contributed by atoms with E-state index in [9.17, 15) is 4.79 Å².